The Hall–Kier alpha value is -1.88. The van der Waals surface area contributed by atoms with Gasteiger partial charge < -0.3 is 9.64 Å². The predicted molar refractivity (Wildman–Crippen MR) is 89.1 cm³/mol. The molecule has 2 aromatic rings. The molecule has 0 unspecified atom stereocenters. The van der Waals surface area contributed by atoms with Gasteiger partial charge >= 0.3 is 5.97 Å². The number of benzene rings is 1. The molecular formula is C17H17BrN2O2. The lowest BCUT2D eigenvalue weighted by Gasteiger charge is -2.30. The molecule has 1 aliphatic heterocycles. The van der Waals surface area contributed by atoms with Crippen molar-refractivity contribution >= 4 is 27.7 Å². The predicted octanol–water partition coefficient (Wildman–Crippen LogP) is 3.58. The van der Waals surface area contributed by atoms with E-state index in [4.69, 9.17) is 4.74 Å². The van der Waals surface area contributed by atoms with Crippen LogP contribution in [0.2, 0.25) is 0 Å². The molecule has 1 aromatic carbocycles. The first kappa shape index (κ1) is 15.0. The van der Waals surface area contributed by atoms with Gasteiger partial charge in [0.15, 0.2) is 0 Å². The van der Waals surface area contributed by atoms with E-state index in [2.05, 4.69) is 44.0 Å². The minimum Gasteiger partial charge on any atom is -0.462 e. The minimum atomic E-state index is -0.326. The summed E-state index contributed by atoms with van der Waals surface area (Å²) in [5.41, 5.74) is 3.18. The number of hydrogen-bond acceptors (Lipinski definition) is 4. The number of ether oxygens (including phenoxy) is 1. The molecule has 5 heteroatoms. The molecule has 0 amide bonds. The molecule has 3 rings (SSSR count). The summed E-state index contributed by atoms with van der Waals surface area (Å²) in [5, 5.41) is 0. The molecule has 0 atom stereocenters. The van der Waals surface area contributed by atoms with Crippen LogP contribution >= 0.6 is 15.9 Å². The third-order valence-electron chi connectivity index (χ3n) is 3.80. The van der Waals surface area contributed by atoms with E-state index < -0.39 is 0 Å². The van der Waals surface area contributed by atoms with Crippen LogP contribution in [-0.4, -0.2) is 24.1 Å². The second-order valence-electron chi connectivity index (χ2n) is 5.17. The molecule has 0 fully saturated rings. The highest BCUT2D eigenvalue weighted by molar-refractivity contribution is 9.10. The smallest absolute Gasteiger partial charge is 0.339 e. The Balaban J connectivity index is 1.78. The monoisotopic (exact) mass is 360 g/mol. The van der Waals surface area contributed by atoms with E-state index in [0.717, 1.165) is 29.8 Å². The van der Waals surface area contributed by atoms with Crippen LogP contribution in [0.1, 0.15) is 28.4 Å². The van der Waals surface area contributed by atoms with Crippen molar-refractivity contribution in [2.75, 3.05) is 18.1 Å². The number of halogens is 1. The largest absolute Gasteiger partial charge is 0.462 e. The Morgan fingerprint density at radius 1 is 1.36 bits per heavy atom. The molecule has 0 saturated heterocycles. The van der Waals surface area contributed by atoms with Crippen molar-refractivity contribution < 1.29 is 9.53 Å². The number of fused-ring (bicyclic) bond motifs is 1. The molecule has 0 saturated carbocycles. The molecule has 0 N–H and O–H groups in total. The summed E-state index contributed by atoms with van der Waals surface area (Å²) in [5.74, 6) is 0.558. The number of rotatable bonds is 3. The van der Waals surface area contributed by atoms with Crippen LogP contribution in [0, 0.1) is 0 Å². The average Bonchev–Trinajstić information content (AvgIpc) is 2.55. The van der Waals surface area contributed by atoms with Gasteiger partial charge in [-0.15, -0.1) is 0 Å². The third-order valence-corrected chi connectivity index (χ3v) is 4.54. The molecule has 1 aliphatic rings. The SMILES string of the molecule is CCOC(=O)c1ccc(N2CCc3cccc(Br)c3C2)nc1. The first-order valence-corrected chi connectivity index (χ1v) is 8.12. The third kappa shape index (κ3) is 2.99. The number of aromatic nitrogens is 1. The van der Waals surface area contributed by atoms with Gasteiger partial charge in [0.1, 0.15) is 5.82 Å². The van der Waals surface area contributed by atoms with Crippen LogP contribution in [0.4, 0.5) is 5.82 Å². The highest BCUT2D eigenvalue weighted by atomic mass is 79.9. The molecule has 22 heavy (non-hydrogen) atoms. The number of nitrogens with zero attached hydrogens (tertiary/aromatic N) is 2. The number of carbonyl (C=O) groups is 1. The topological polar surface area (TPSA) is 42.4 Å². The fourth-order valence-corrected chi connectivity index (χ4v) is 3.18. The number of anilines is 1. The van der Waals surface area contributed by atoms with Crippen LogP contribution in [0.5, 0.6) is 0 Å². The van der Waals surface area contributed by atoms with Crippen LogP contribution < -0.4 is 4.90 Å². The van der Waals surface area contributed by atoms with Gasteiger partial charge in [-0.1, -0.05) is 28.1 Å². The highest BCUT2D eigenvalue weighted by Gasteiger charge is 2.19. The summed E-state index contributed by atoms with van der Waals surface area (Å²) < 4.78 is 6.11. The Morgan fingerprint density at radius 3 is 2.95 bits per heavy atom. The van der Waals surface area contributed by atoms with E-state index in [1.165, 1.54) is 11.1 Å². The van der Waals surface area contributed by atoms with E-state index in [1.807, 2.05) is 6.07 Å². The summed E-state index contributed by atoms with van der Waals surface area (Å²) in [6, 6.07) is 9.98. The van der Waals surface area contributed by atoms with E-state index in [-0.39, 0.29) is 5.97 Å². The maximum absolute atomic E-state index is 11.7. The first-order chi connectivity index (χ1) is 10.7. The van der Waals surface area contributed by atoms with Crippen LogP contribution in [-0.2, 0) is 17.7 Å². The van der Waals surface area contributed by atoms with Crippen molar-refractivity contribution in [1.82, 2.24) is 4.98 Å². The molecule has 114 valence electrons. The number of hydrogen-bond donors (Lipinski definition) is 0. The normalized spacial score (nSPS) is 13.6. The molecule has 4 nitrogen and oxygen atoms in total. The molecule has 0 bridgehead atoms. The van der Waals surface area contributed by atoms with Gasteiger partial charge in [-0.25, -0.2) is 9.78 Å². The lowest BCUT2D eigenvalue weighted by atomic mass is 10.00. The summed E-state index contributed by atoms with van der Waals surface area (Å²) in [6.45, 7) is 3.91. The molecule has 2 heterocycles. The number of carbonyl (C=O) groups excluding carboxylic acids is 1. The highest BCUT2D eigenvalue weighted by Crippen LogP contribution is 2.28. The van der Waals surface area contributed by atoms with Gasteiger partial charge in [0.25, 0.3) is 0 Å². The van der Waals surface area contributed by atoms with Crippen LogP contribution in [0.3, 0.4) is 0 Å². The molecule has 0 aliphatic carbocycles. The van der Waals surface area contributed by atoms with Crippen molar-refractivity contribution in [3.05, 3.63) is 57.7 Å². The van der Waals surface area contributed by atoms with Gasteiger partial charge in [0.05, 0.1) is 12.2 Å². The van der Waals surface area contributed by atoms with Crippen LogP contribution in [0.15, 0.2) is 41.0 Å². The lowest BCUT2D eigenvalue weighted by molar-refractivity contribution is 0.0526. The van der Waals surface area contributed by atoms with Gasteiger partial charge in [0.2, 0.25) is 0 Å². The second-order valence-corrected chi connectivity index (χ2v) is 6.03. The van der Waals surface area contributed by atoms with Crippen molar-refractivity contribution in [3.63, 3.8) is 0 Å². The zero-order valence-corrected chi connectivity index (χ0v) is 14.0. The fraction of sp³-hybridized carbons (Fsp3) is 0.294. The van der Waals surface area contributed by atoms with Crippen molar-refractivity contribution in [3.8, 4) is 0 Å². The fourth-order valence-electron chi connectivity index (χ4n) is 2.64. The van der Waals surface area contributed by atoms with Crippen molar-refractivity contribution in [2.24, 2.45) is 0 Å². The maximum atomic E-state index is 11.7. The first-order valence-electron chi connectivity index (χ1n) is 7.33. The molecule has 0 radical (unpaired) electrons. The zero-order valence-electron chi connectivity index (χ0n) is 12.4. The maximum Gasteiger partial charge on any atom is 0.339 e. The summed E-state index contributed by atoms with van der Waals surface area (Å²) >= 11 is 3.62. The molecule has 1 aromatic heterocycles. The lowest BCUT2D eigenvalue weighted by Crippen LogP contribution is -2.31. The summed E-state index contributed by atoms with van der Waals surface area (Å²) in [7, 11) is 0. The quantitative estimate of drug-likeness (QED) is 0.784. The summed E-state index contributed by atoms with van der Waals surface area (Å²) in [6.07, 6.45) is 2.58. The van der Waals surface area contributed by atoms with Crippen molar-refractivity contribution in [1.29, 1.82) is 0 Å². The van der Waals surface area contributed by atoms with E-state index >= 15 is 0 Å². The Labute approximate surface area is 138 Å². The van der Waals surface area contributed by atoms with Gasteiger partial charge in [-0.3, -0.25) is 0 Å². The van der Waals surface area contributed by atoms with E-state index in [1.54, 1.807) is 19.2 Å². The number of pyridine rings is 1. The second kappa shape index (κ2) is 6.48. The Kier molecular flexibility index (Phi) is 4.43. The van der Waals surface area contributed by atoms with Crippen LogP contribution in [0.25, 0.3) is 0 Å². The van der Waals surface area contributed by atoms with Gasteiger partial charge in [0, 0.05) is 23.8 Å². The zero-order chi connectivity index (χ0) is 15.5. The van der Waals surface area contributed by atoms with Crippen molar-refractivity contribution in [2.45, 2.75) is 19.9 Å². The molecule has 0 spiro atoms. The Bertz CT molecular complexity index is 686. The van der Waals surface area contributed by atoms with Gasteiger partial charge in [-0.05, 0) is 42.7 Å². The summed E-state index contributed by atoms with van der Waals surface area (Å²) in [4.78, 5) is 18.3. The standard InChI is InChI=1S/C17H17BrN2O2/c1-2-22-17(21)13-6-7-16(19-10-13)20-9-8-12-4-3-5-15(18)14(12)11-20/h3-7,10H,2,8-9,11H2,1H3. The Morgan fingerprint density at radius 2 is 2.23 bits per heavy atom. The van der Waals surface area contributed by atoms with E-state index in [9.17, 15) is 4.79 Å². The minimum absolute atomic E-state index is 0.326. The van der Waals surface area contributed by atoms with E-state index in [0.29, 0.717) is 12.2 Å². The number of esters is 1. The molecular weight excluding hydrogens is 344 g/mol. The van der Waals surface area contributed by atoms with Gasteiger partial charge in [-0.2, -0.15) is 0 Å². The average molecular weight is 361 g/mol.